The fourth-order valence-electron chi connectivity index (χ4n) is 9.89. The fraction of sp³-hybridized carbons (Fsp3) is 0.911. The summed E-state index contributed by atoms with van der Waals surface area (Å²) in [5.41, 5.74) is 0. The number of nitrogens with one attached hydrogen (secondary N) is 1. The molecule has 0 radical (unpaired) electrons. The number of allylic oxidation sites excluding steroid dienone is 3. The molecule has 0 aromatic rings. The highest BCUT2D eigenvalue weighted by atomic mass is 16.8. The molecule has 3 rings (SSSR count). The zero-order valence-corrected chi connectivity index (χ0v) is 45.5. The highest BCUT2D eigenvalue weighted by Crippen LogP contribution is 2.33. The van der Waals surface area contributed by atoms with E-state index < -0.39 is 124 Å². The van der Waals surface area contributed by atoms with Gasteiger partial charge in [0.1, 0.15) is 73.2 Å². The number of aliphatic hydroxyl groups is 11. The summed E-state index contributed by atoms with van der Waals surface area (Å²) in [6, 6.07) is -0.973. The Morgan fingerprint density at radius 3 is 1.29 bits per heavy atom. The molecule has 0 spiro atoms. The van der Waals surface area contributed by atoms with Gasteiger partial charge in [0.15, 0.2) is 18.9 Å². The van der Waals surface area contributed by atoms with Crippen LogP contribution < -0.4 is 5.32 Å². The molecular weight excluding hydrogens is 975 g/mol. The molecule has 3 saturated heterocycles. The monoisotopic (exact) mass is 1080 g/mol. The first-order valence-electron chi connectivity index (χ1n) is 29.1. The number of rotatable bonds is 42. The van der Waals surface area contributed by atoms with Gasteiger partial charge in [0.05, 0.1) is 38.6 Å². The van der Waals surface area contributed by atoms with Crippen LogP contribution >= 0.6 is 0 Å². The third-order valence-electron chi connectivity index (χ3n) is 14.7. The van der Waals surface area contributed by atoms with Gasteiger partial charge in [-0.05, 0) is 44.9 Å². The van der Waals surface area contributed by atoms with Crippen molar-refractivity contribution in [1.29, 1.82) is 0 Å². The Morgan fingerprint density at radius 1 is 0.467 bits per heavy atom. The number of unbranched alkanes of at least 4 members (excludes halogenated alkanes) is 24. The van der Waals surface area contributed by atoms with Crippen LogP contribution in [0.3, 0.4) is 0 Å². The highest BCUT2D eigenvalue weighted by Gasteiger charge is 2.53. The highest BCUT2D eigenvalue weighted by molar-refractivity contribution is 5.76. The average Bonchev–Trinajstić information content (AvgIpc) is 3.41. The minimum atomic E-state index is -1.98. The van der Waals surface area contributed by atoms with Gasteiger partial charge in [-0.2, -0.15) is 0 Å². The van der Waals surface area contributed by atoms with E-state index in [1.54, 1.807) is 6.08 Å². The third-order valence-corrected chi connectivity index (χ3v) is 14.7. The SMILES string of the molecule is CCCCCCCC/C=C\CCCCCCCC(=O)NC(COC1OC(CO)C(OC2OC(CO)C(OC3OC(CO)C(O)C(O)C3O)C(O)C2O)C(O)C1O)C(O)/C=C/CCCCCCCCCCCCCCC. The number of amides is 1. The number of hydrogen-bond acceptors (Lipinski definition) is 18. The normalized spacial score (nSPS) is 31.3. The largest absolute Gasteiger partial charge is 0.394 e. The molecule has 0 aliphatic carbocycles. The van der Waals surface area contributed by atoms with Gasteiger partial charge in [-0.3, -0.25) is 4.79 Å². The van der Waals surface area contributed by atoms with E-state index in [2.05, 4.69) is 31.3 Å². The van der Waals surface area contributed by atoms with Crippen molar-refractivity contribution >= 4 is 5.91 Å². The fourth-order valence-corrected chi connectivity index (χ4v) is 9.89. The maximum absolute atomic E-state index is 13.3. The van der Waals surface area contributed by atoms with Crippen LogP contribution in [0.4, 0.5) is 0 Å². The van der Waals surface area contributed by atoms with Crippen molar-refractivity contribution in [3.63, 3.8) is 0 Å². The van der Waals surface area contributed by atoms with Crippen molar-refractivity contribution in [2.45, 2.75) is 298 Å². The van der Waals surface area contributed by atoms with Crippen molar-refractivity contribution < 1.29 is 89.4 Å². The summed E-state index contributed by atoms with van der Waals surface area (Å²) in [6.07, 6.45) is 13.0. The van der Waals surface area contributed by atoms with Crippen LogP contribution in [0.2, 0.25) is 0 Å². The number of hydrogen-bond donors (Lipinski definition) is 12. The number of carbonyl (C=O) groups excluding carboxylic acids is 1. The van der Waals surface area contributed by atoms with Crippen molar-refractivity contribution in [2.24, 2.45) is 0 Å². The van der Waals surface area contributed by atoms with Crippen molar-refractivity contribution in [1.82, 2.24) is 5.32 Å². The van der Waals surface area contributed by atoms with Gasteiger partial charge in [-0.1, -0.05) is 167 Å². The summed E-state index contributed by atoms with van der Waals surface area (Å²) < 4.78 is 34.2. The van der Waals surface area contributed by atoms with E-state index in [4.69, 9.17) is 28.4 Å². The molecular formula is C56H103NO18. The molecule has 12 N–H and O–H groups in total. The minimum Gasteiger partial charge on any atom is -0.394 e. The second-order valence-corrected chi connectivity index (χ2v) is 21.1. The predicted molar refractivity (Wildman–Crippen MR) is 282 cm³/mol. The molecule has 0 aromatic carbocycles. The molecule has 17 atom stereocenters. The van der Waals surface area contributed by atoms with Crippen molar-refractivity contribution in [3.05, 3.63) is 24.3 Å². The first-order valence-corrected chi connectivity index (χ1v) is 29.1. The third kappa shape index (κ3) is 25.1. The maximum Gasteiger partial charge on any atom is 0.220 e. The lowest BCUT2D eigenvalue weighted by Gasteiger charge is -2.48. The number of aliphatic hydroxyl groups excluding tert-OH is 11. The topological polar surface area (TPSA) is 307 Å². The van der Waals surface area contributed by atoms with E-state index in [0.29, 0.717) is 6.42 Å². The molecule has 19 nitrogen and oxygen atoms in total. The minimum absolute atomic E-state index is 0.235. The molecule has 3 aliphatic heterocycles. The Kier molecular flexibility index (Phi) is 36.4. The zero-order valence-electron chi connectivity index (χ0n) is 45.5. The molecule has 3 aliphatic rings. The summed E-state index contributed by atoms with van der Waals surface area (Å²) in [5.74, 6) is -0.285. The zero-order chi connectivity index (χ0) is 54.8. The molecule has 75 heavy (non-hydrogen) atoms. The lowest BCUT2D eigenvalue weighted by Crippen LogP contribution is -2.66. The molecule has 0 aromatic heterocycles. The molecule has 1 amide bonds. The van der Waals surface area contributed by atoms with E-state index in [-0.39, 0.29) is 18.9 Å². The van der Waals surface area contributed by atoms with Crippen LogP contribution in [0.15, 0.2) is 24.3 Å². The van der Waals surface area contributed by atoms with Gasteiger partial charge in [0, 0.05) is 6.42 Å². The van der Waals surface area contributed by atoms with Crippen LogP contribution in [0.5, 0.6) is 0 Å². The summed E-state index contributed by atoms with van der Waals surface area (Å²) in [4.78, 5) is 13.3. The summed E-state index contributed by atoms with van der Waals surface area (Å²) in [6.45, 7) is 1.70. The Balaban J connectivity index is 1.53. The van der Waals surface area contributed by atoms with Gasteiger partial charge in [0.25, 0.3) is 0 Å². The standard InChI is InChI=1S/C56H103NO18/c1-3-5-7-9-11-13-15-17-19-21-23-25-27-29-31-33-40(61)39(57-44(62)34-32-30-28-26-24-22-20-18-16-14-12-10-8-6-4-2)38-70-54-50(68)47(65)52(42(36-59)72-54)75-56-51(69)48(66)53(43(37-60)73-56)74-55-49(67)46(64)45(63)41(35-58)71-55/h18,20,31,33,39-43,45-56,58-61,63-69H,3-17,19,21-30,32,34-38H2,1-2H3,(H,57,62)/b20-18-,33-31+. The van der Waals surface area contributed by atoms with E-state index in [0.717, 1.165) is 64.2 Å². The van der Waals surface area contributed by atoms with Crippen molar-refractivity contribution in [3.8, 4) is 0 Å². The molecule has 17 unspecified atom stereocenters. The van der Waals surface area contributed by atoms with Crippen LogP contribution in [-0.2, 0) is 33.2 Å². The van der Waals surface area contributed by atoms with Crippen LogP contribution in [0.1, 0.15) is 194 Å². The predicted octanol–water partition coefficient (Wildman–Crippen LogP) is 4.37. The smallest absolute Gasteiger partial charge is 0.220 e. The first-order chi connectivity index (χ1) is 36.3. The van der Waals surface area contributed by atoms with Gasteiger partial charge in [-0.25, -0.2) is 0 Å². The molecule has 0 bridgehead atoms. The van der Waals surface area contributed by atoms with Gasteiger partial charge in [-0.15, -0.1) is 0 Å². The van der Waals surface area contributed by atoms with E-state index in [1.807, 2.05) is 6.08 Å². The lowest BCUT2D eigenvalue weighted by atomic mass is 9.96. The van der Waals surface area contributed by atoms with Crippen LogP contribution in [0, 0.1) is 0 Å². The van der Waals surface area contributed by atoms with E-state index >= 15 is 0 Å². The Morgan fingerprint density at radius 2 is 0.840 bits per heavy atom. The number of carbonyl (C=O) groups is 1. The molecule has 440 valence electrons. The van der Waals surface area contributed by atoms with Crippen LogP contribution in [-0.4, -0.2) is 193 Å². The summed E-state index contributed by atoms with van der Waals surface area (Å²) in [7, 11) is 0. The second-order valence-electron chi connectivity index (χ2n) is 21.1. The van der Waals surface area contributed by atoms with E-state index in [1.165, 1.54) is 103 Å². The Hall–Kier alpha value is -1.73. The second kappa shape index (κ2) is 40.4. The van der Waals surface area contributed by atoms with Gasteiger partial charge >= 0.3 is 0 Å². The maximum atomic E-state index is 13.3. The lowest BCUT2D eigenvalue weighted by molar-refractivity contribution is -0.379. The quantitative estimate of drug-likeness (QED) is 0.0298. The molecule has 3 heterocycles. The molecule has 19 heteroatoms. The molecule has 0 saturated carbocycles. The Bertz CT molecular complexity index is 1480. The number of ether oxygens (including phenoxy) is 6. The van der Waals surface area contributed by atoms with Crippen LogP contribution in [0.25, 0.3) is 0 Å². The van der Waals surface area contributed by atoms with Crippen molar-refractivity contribution in [2.75, 3.05) is 26.4 Å². The van der Waals surface area contributed by atoms with Gasteiger partial charge < -0.3 is 89.9 Å². The Labute approximate surface area is 448 Å². The average molecular weight is 1080 g/mol. The molecule has 3 fully saturated rings. The first kappa shape index (κ1) is 67.5. The summed E-state index contributed by atoms with van der Waals surface area (Å²) >= 11 is 0. The summed E-state index contributed by atoms with van der Waals surface area (Å²) in [5, 5.41) is 120. The van der Waals surface area contributed by atoms with E-state index in [9.17, 15) is 61.0 Å². The van der Waals surface area contributed by atoms with Gasteiger partial charge in [0.2, 0.25) is 5.91 Å².